The van der Waals surface area contributed by atoms with Crippen LogP contribution >= 0.6 is 0 Å². The maximum Gasteiger partial charge on any atom is 0.107 e. The van der Waals surface area contributed by atoms with Crippen molar-refractivity contribution in [2.24, 2.45) is 0 Å². The van der Waals surface area contributed by atoms with Crippen molar-refractivity contribution in [1.82, 2.24) is 0 Å². The molecular formula is C8H8BN. The molecule has 0 unspecified atom stereocenters. The summed E-state index contributed by atoms with van der Waals surface area (Å²) in [4.78, 5) is 0. The Bertz CT molecular complexity index is 245. The van der Waals surface area contributed by atoms with Crippen LogP contribution in [-0.2, 0) is 6.32 Å². The molecule has 0 aliphatic heterocycles. The van der Waals surface area contributed by atoms with Gasteiger partial charge in [0.25, 0.3) is 0 Å². The van der Waals surface area contributed by atoms with Crippen molar-refractivity contribution in [2.75, 3.05) is 0 Å². The molecule has 0 spiro atoms. The van der Waals surface area contributed by atoms with E-state index in [2.05, 4.69) is 13.9 Å². The average Bonchev–Trinajstić information content (AvgIpc) is 2.05. The van der Waals surface area contributed by atoms with E-state index in [4.69, 9.17) is 5.26 Å². The first-order valence-electron chi connectivity index (χ1n) is 3.36. The zero-order valence-electron chi connectivity index (χ0n) is 5.96. The Morgan fingerprint density at radius 1 is 1.30 bits per heavy atom. The number of nitriles is 1. The predicted molar refractivity (Wildman–Crippen MR) is 43.4 cm³/mol. The first-order valence-corrected chi connectivity index (χ1v) is 3.36. The molecule has 2 heteroatoms. The SMILES string of the molecule is BCc1ccc(C#N)cc1. The van der Waals surface area contributed by atoms with Crippen LogP contribution < -0.4 is 0 Å². The minimum atomic E-state index is 0.734. The van der Waals surface area contributed by atoms with Gasteiger partial charge in [0, 0.05) is 0 Å². The quantitative estimate of drug-likeness (QED) is 0.511. The predicted octanol–water partition coefficient (Wildman–Crippen LogP) is 0.691. The fourth-order valence-electron chi connectivity index (χ4n) is 0.815. The Morgan fingerprint density at radius 2 is 1.90 bits per heavy atom. The maximum atomic E-state index is 8.45. The van der Waals surface area contributed by atoms with Gasteiger partial charge in [0.05, 0.1) is 11.6 Å². The van der Waals surface area contributed by atoms with Crippen LogP contribution in [0, 0.1) is 11.3 Å². The van der Waals surface area contributed by atoms with Gasteiger partial charge < -0.3 is 0 Å². The van der Waals surface area contributed by atoms with E-state index in [0.717, 1.165) is 11.9 Å². The molecule has 0 atom stereocenters. The summed E-state index contributed by atoms with van der Waals surface area (Å²) in [6, 6.07) is 9.74. The molecule has 1 rings (SSSR count). The van der Waals surface area contributed by atoms with Crippen molar-refractivity contribution in [3.63, 3.8) is 0 Å². The first-order chi connectivity index (χ1) is 4.86. The summed E-state index contributed by atoms with van der Waals surface area (Å²) in [5.41, 5.74) is 2.01. The van der Waals surface area contributed by atoms with E-state index >= 15 is 0 Å². The maximum absolute atomic E-state index is 8.45. The molecule has 0 fully saturated rings. The van der Waals surface area contributed by atoms with Gasteiger partial charge >= 0.3 is 0 Å². The largest absolute Gasteiger partial charge is 0.192 e. The second-order valence-electron chi connectivity index (χ2n) is 2.16. The first kappa shape index (κ1) is 6.89. The van der Waals surface area contributed by atoms with Crippen molar-refractivity contribution < 1.29 is 0 Å². The highest BCUT2D eigenvalue weighted by molar-refractivity contribution is 6.08. The van der Waals surface area contributed by atoms with Crippen molar-refractivity contribution in [3.8, 4) is 6.07 Å². The van der Waals surface area contributed by atoms with E-state index in [1.807, 2.05) is 24.3 Å². The summed E-state index contributed by atoms with van der Waals surface area (Å²) in [6.07, 6.45) is 1.03. The Labute approximate surface area is 61.7 Å². The molecule has 0 bridgehead atoms. The highest BCUT2D eigenvalue weighted by Crippen LogP contribution is 2.01. The van der Waals surface area contributed by atoms with Gasteiger partial charge in [-0.05, 0) is 12.1 Å². The zero-order chi connectivity index (χ0) is 7.40. The summed E-state index contributed by atoms with van der Waals surface area (Å²) < 4.78 is 0. The van der Waals surface area contributed by atoms with Crippen molar-refractivity contribution in [2.45, 2.75) is 6.32 Å². The van der Waals surface area contributed by atoms with Gasteiger partial charge in [0.15, 0.2) is 0 Å². The van der Waals surface area contributed by atoms with Crippen LogP contribution in [0.4, 0.5) is 0 Å². The number of benzene rings is 1. The summed E-state index contributed by atoms with van der Waals surface area (Å²) in [5.74, 6) is 0. The lowest BCUT2D eigenvalue weighted by Gasteiger charge is -1.92. The smallest absolute Gasteiger partial charge is 0.107 e. The van der Waals surface area contributed by atoms with Crippen LogP contribution in [0.15, 0.2) is 24.3 Å². The topological polar surface area (TPSA) is 23.8 Å². The monoisotopic (exact) mass is 129 g/mol. The van der Waals surface area contributed by atoms with Gasteiger partial charge in [-0.3, -0.25) is 0 Å². The Morgan fingerprint density at radius 3 is 2.30 bits per heavy atom. The molecular weight excluding hydrogens is 121 g/mol. The standard InChI is InChI=1S/C8H8BN/c9-5-7-1-3-8(6-10)4-2-7/h1-4H,5,9H2. The molecule has 10 heavy (non-hydrogen) atoms. The average molecular weight is 129 g/mol. The molecule has 48 valence electrons. The Hall–Kier alpha value is -1.23. The fraction of sp³-hybridized carbons (Fsp3) is 0.125. The molecule has 1 nitrogen and oxygen atoms in total. The van der Waals surface area contributed by atoms with Crippen LogP contribution in [0.1, 0.15) is 11.1 Å². The van der Waals surface area contributed by atoms with Gasteiger partial charge in [0.1, 0.15) is 7.85 Å². The third kappa shape index (κ3) is 1.38. The molecule has 0 heterocycles. The zero-order valence-corrected chi connectivity index (χ0v) is 5.96. The van der Waals surface area contributed by atoms with Crippen molar-refractivity contribution in [1.29, 1.82) is 5.26 Å². The van der Waals surface area contributed by atoms with Gasteiger partial charge in [-0.1, -0.05) is 24.0 Å². The lowest BCUT2D eigenvalue weighted by atomic mass is 9.96. The number of rotatable bonds is 1. The van der Waals surface area contributed by atoms with Gasteiger partial charge in [-0.15, -0.1) is 0 Å². The summed E-state index contributed by atoms with van der Waals surface area (Å²) in [7, 11) is 2.10. The van der Waals surface area contributed by atoms with Gasteiger partial charge in [0.2, 0.25) is 0 Å². The van der Waals surface area contributed by atoms with Crippen LogP contribution in [-0.4, -0.2) is 7.85 Å². The van der Waals surface area contributed by atoms with Crippen molar-refractivity contribution >= 4 is 7.85 Å². The molecule has 0 saturated heterocycles. The lowest BCUT2D eigenvalue weighted by Crippen LogP contribution is -1.82. The molecule has 1 aromatic rings. The van der Waals surface area contributed by atoms with Crippen LogP contribution in [0.2, 0.25) is 0 Å². The van der Waals surface area contributed by atoms with Gasteiger partial charge in [-0.2, -0.15) is 5.26 Å². The Kier molecular flexibility index (Phi) is 2.12. The molecule has 0 amide bonds. The van der Waals surface area contributed by atoms with Crippen LogP contribution in [0.3, 0.4) is 0 Å². The molecule has 0 aliphatic rings. The molecule has 0 radical (unpaired) electrons. The molecule has 0 aromatic heterocycles. The molecule has 0 saturated carbocycles. The van der Waals surface area contributed by atoms with E-state index < -0.39 is 0 Å². The third-order valence-corrected chi connectivity index (χ3v) is 1.49. The van der Waals surface area contributed by atoms with E-state index in [1.54, 1.807) is 0 Å². The lowest BCUT2D eigenvalue weighted by molar-refractivity contribution is 1.38. The summed E-state index contributed by atoms with van der Waals surface area (Å²) in [5, 5.41) is 8.45. The molecule has 0 N–H and O–H groups in total. The normalized spacial score (nSPS) is 8.70. The van der Waals surface area contributed by atoms with E-state index in [0.29, 0.717) is 0 Å². The fourth-order valence-corrected chi connectivity index (χ4v) is 0.815. The highest BCUT2D eigenvalue weighted by atomic mass is 14.2. The van der Waals surface area contributed by atoms with E-state index in [9.17, 15) is 0 Å². The van der Waals surface area contributed by atoms with E-state index in [-0.39, 0.29) is 0 Å². The van der Waals surface area contributed by atoms with Crippen LogP contribution in [0.25, 0.3) is 0 Å². The Balaban J connectivity index is 2.93. The summed E-state index contributed by atoms with van der Waals surface area (Å²) in [6.45, 7) is 0. The van der Waals surface area contributed by atoms with Crippen LogP contribution in [0.5, 0.6) is 0 Å². The second-order valence-corrected chi connectivity index (χ2v) is 2.16. The van der Waals surface area contributed by atoms with Crippen molar-refractivity contribution in [3.05, 3.63) is 35.4 Å². The highest BCUT2D eigenvalue weighted by Gasteiger charge is 1.88. The number of nitrogens with zero attached hydrogens (tertiary/aromatic N) is 1. The summed E-state index contributed by atoms with van der Waals surface area (Å²) >= 11 is 0. The minimum absolute atomic E-state index is 0.734. The third-order valence-electron chi connectivity index (χ3n) is 1.49. The van der Waals surface area contributed by atoms with E-state index in [1.165, 1.54) is 5.56 Å². The molecule has 1 aromatic carbocycles. The van der Waals surface area contributed by atoms with Gasteiger partial charge in [-0.25, -0.2) is 0 Å². The molecule has 0 aliphatic carbocycles. The number of hydrogen-bond donors (Lipinski definition) is 0. The second kappa shape index (κ2) is 3.07. The minimum Gasteiger partial charge on any atom is -0.192 e. The number of hydrogen-bond acceptors (Lipinski definition) is 1.